The molecule has 48 valence electrons. The predicted molar refractivity (Wildman–Crippen MR) is 34.6 cm³/mol. The van der Waals surface area contributed by atoms with Gasteiger partial charge in [-0.25, -0.2) is 4.79 Å². The maximum atomic E-state index is 10.1. The summed E-state index contributed by atoms with van der Waals surface area (Å²) in [5.41, 5.74) is 0. The van der Waals surface area contributed by atoms with Gasteiger partial charge < -0.3 is 5.11 Å². The second-order valence-corrected chi connectivity index (χ2v) is 3.42. The van der Waals surface area contributed by atoms with Crippen molar-refractivity contribution in [3.8, 4) is 0 Å². The lowest BCUT2D eigenvalue weighted by molar-refractivity contribution is 0.0695. The molecule has 0 amide bonds. The third-order valence-corrected chi connectivity index (χ3v) is 1.93. The molecule has 0 aromatic carbocycles. The van der Waals surface area contributed by atoms with Gasteiger partial charge in [0.25, 0.3) is 0 Å². The minimum atomic E-state index is -1.04. The molecule has 0 unspecified atom stereocenters. The summed E-state index contributed by atoms with van der Waals surface area (Å²) in [7, 11) is 0. The summed E-state index contributed by atoms with van der Waals surface area (Å²) in [6.07, 6.45) is 0. The molecule has 1 heterocycles. The van der Waals surface area contributed by atoms with E-state index in [0.29, 0.717) is 3.92 Å². The van der Waals surface area contributed by atoms with E-state index in [4.69, 9.17) is 5.11 Å². The Bertz CT molecular complexity index is 235. The standard InChI is InChI=1S/C3HBrN2O2S/c4-3-6-5-1(9-3)2(7)8/h(H,7,8). The molecule has 6 heteroatoms. The number of hydrogen-bond acceptors (Lipinski definition) is 4. The van der Waals surface area contributed by atoms with Crippen LogP contribution in [0.2, 0.25) is 0 Å². The van der Waals surface area contributed by atoms with E-state index >= 15 is 0 Å². The van der Waals surface area contributed by atoms with Crippen LogP contribution in [-0.2, 0) is 0 Å². The molecular weight excluding hydrogens is 208 g/mol. The van der Waals surface area contributed by atoms with Gasteiger partial charge in [-0.15, -0.1) is 10.2 Å². The largest absolute Gasteiger partial charge is 0.476 e. The number of carboxylic acids is 1. The molecule has 0 radical (unpaired) electrons. The summed E-state index contributed by atoms with van der Waals surface area (Å²) in [5.74, 6) is -1.04. The number of carbonyl (C=O) groups is 1. The summed E-state index contributed by atoms with van der Waals surface area (Å²) in [6, 6.07) is 0. The first-order valence-electron chi connectivity index (χ1n) is 1.92. The normalized spacial score (nSPS) is 9.44. The van der Waals surface area contributed by atoms with Gasteiger partial charge in [-0.05, 0) is 15.9 Å². The van der Waals surface area contributed by atoms with Crippen molar-refractivity contribution in [2.45, 2.75) is 0 Å². The summed E-state index contributed by atoms with van der Waals surface area (Å²) in [6.45, 7) is 0. The lowest BCUT2D eigenvalue weighted by Gasteiger charge is -1.75. The van der Waals surface area contributed by atoms with Crippen LogP contribution in [0.25, 0.3) is 0 Å². The highest BCUT2D eigenvalue weighted by Gasteiger charge is 2.07. The molecule has 0 saturated carbocycles. The maximum absolute atomic E-state index is 10.1. The van der Waals surface area contributed by atoms with Gasteiger partial charge in [-0.1, -0.05) is 11.3 Å². The van der Waals surface area contributed by atoms with Crippen LogP contribution < -0.4 is 0 Å². The molecule has 1 rings (SSSR count). The Hall–Kier alpha value is -0.490. The molecule has 0 atom stereocenters. The molecule has 0 aliphatic carbocycles. The first kappa shape index (κ1) is 6.63. The van der Waals surface area contributed by atoms with Gasteiger partial charge in [0, 0.05) is 0 Å². The van der Waals surface area contributed by atoms with Gasteiger partial charge in [0.05, 0.1) is 0 Å². The van der Waals surface area contributed by atoms with E-state index in [0.717, 1.165) is 11.3 Å². The van der Waals surface area contributed by atoms with E-state index in [1.165, 1.54) is 0 Å². The number of rotatable bonds is 1. The van der Waals surface area contributed by atoms with Gasteiger partial charge in [0.15, 0.2) is 3.92 Å². The van der Waals surface area contributed by atoms with Crippen molar-refractivity contribution >= 4 is 33.2 Å². The Balaban J connectivity index is 2.98. The number of halogens is 1. The summed E-state index contributed by atoms with van der Waals surface area (Å²) in [5, 5.41) is 15.1. The molecule has 1 N–H and O–H groups in total. The Labute approximate surface area is 62.7 Å². The molecule has 0 spiro atoms. The highest BCUT2D eigenvalue weighted by Crippen LogP contribution is 2.14. The van der Waals surface area contributed by atoms with E-state index in [2.05, 4.69) is 26.1 Å². The summed E-state index contributed by atoms with van der Waals surface area (Å²) < 4.78 is 0.486. The molecule has 4 nitrogen and oxygen atoms in total. The van der Waals surface area contributed by atoms with Crippen molar-refractivity contribution in [3.05, 3.63) is 8.92 Å². The third-order valence-electron chi connectivity index (χ3n) is 0.583. The maximum Gasteiger partial charge on any atom is 0.367 e. The van der Waals surface area contributed by atoms with Gasteiger partial charge in [0.2, 0.25) is 5.01 Å². The number of hydrogen-bond donors (Lipinski definition) is 1. The predicted octanol–water partition coefficient (Wildman–Crippen LogP) is 0.999. The second-order valence-electron chi connectivity index (χ2n) is 1.17. The van der Waals surface area contributed by atoms with Crippen molar-refractivity contribution in [3.63, 3.8) is 0 Å². The zero-order valence-corrected chi connectivity index (χ0v) is 6.44. The zero-order chi connectivity index (χ0) is 6.85. The van der Waals surface area contributed by atoms with E-state index in [1.807, 2.05) is 0 Å². The molecule has 1 aromatic heterocycles. The first-order chi connectivity index (χ1) is 4.20. The second kappa shape index (κ2) is 2.40. The quantitative estimate of drug-likeness (QED) is 0.749. The molecule has 0 saturated heterocycles. The van der Waals surface area contributed by atoms with Crippen molar-refractivity contribution in [1.82, 2.24) is 10.2 Å². The topological polar surface area (TPSA) is 63.1 Å². The van der Waals surface area contributed by atoms with Gasteiger partial charge in [-0.2, -0.15) is 0 Å². The molecule has 0 aliphatic heterocycles. The average molecular weight is 209 g/mol. The van der Waals surface area contributed by atoms with Crippen LogP contribution in [0.4, 0.5) is 0 Å². The Morgan fingerprint density at radius 2 is 2.33 bits per heavy atom. The van der Waals surface area contributed by atoms with E-state index in [-0.39, 0.29) is 5.01 Å². The number of nitrogens with zero attached hydrogens (tertiary/aromatic N) is 2. The van der Waals surface area contributed by atoms with Crippen molar-refractivity contribution in [2.75, 3.05) is 0 Å². The van der Waals surface area contributed by atoms with Crippen molar-refractivity contribution in [2.24, 2.45) is 0 Å². The smallest absolute Gasteiger partial charge is 0.367 e. The fraction of sp³-hybridized carbons (Fsp3) is 0. The van der Waals surface area contributed by atoms with E-state index in [1.54, 1.807) is 0 Å². The fourth-order valence-electron chi connectivity index (χ4n) is 0.292. The van der Waals surface area contributed by atoms with Crippen LogP contribution in [0.3, 0.4) is 0 Å². The lowest BCUT2D eigenvalue weighted by atomic mass is 10.7. The monoisotopic (exact) mass is 208 g/mol. The van der Waals surface area contributed by atoms with Gasteiger partial charge >= 0.3 is 5.97 Å². The Morgan fingerprint density at radius 1 is 1.67 bits per heavy atom. The molecular formula is C3HBrN2O2S. The molecule has 0 fully saturated rings. The summed E-state index contributed by atoms with van der Waals surface area (Å²) >= 11 is 3.97. The first-order valence-corrected chi connectivity index (χ1v) is 3.53. The Kier molecular flexibility index (Phi) is 1.77. The van der Waals surface area contributed by atoms with E-state index < -0.39 is 5.97 Å². The molecule has 1 aromatic rings. The van der Waals surface area contributed by atoms with Crippen LogP contribution >= 0.6 is 27.3 Å². The van der Waals surface area contributed by atoms with Gasteiger partial charge in [-0.3, -0.25) is 0 Å². The molecule has 9 heavy (non-hydrogen) atoms. The summed E-state index contributed by atoms with van der Waals surface area (Å²) in [4.78, 5) is 10.1. The van der Waals surface area contributed by atoms with Crippen LogP contribution in [-0.4, -0.2) is 21.3 Å². The SMILES string of the molecule is O=C(O)c1nnc(Br)s1. The van der Waals surface area contributed by atoms with Crippen molar-refractivity contribution < 1.29 is 9.90 Å². The van der Waals surface area contributed by atoms with Crippen LogP contribution in [0, 0.1) is 0 Å². The highest BCUT2D eigenvalue weighted by molar-refractivity contribution is 9.11. The number of aromatic nitrogens is 2. The zero-order valence-electron chi connectivity index (χ0n) is 4.04. The number of carboxylic acid groups (broad SMARTS) is 1. The Morgan fingerprint density at radius 3 is 2.56 bits per heavy atom. The minimum absolute atomic E-state index is 0.00174. The van der Waals surface area contributed by atoms with Gasteiger partial charge in [0.1, 0.15) is 0 Å². The van der Waals surface area contributed by atoms with E-state index in [9.17, 15) is 4.79 Å². The number of aromatic carboxylic acids is 1. The molecule has 0 aliphatic rings. The fourth-order valence-corrected chi connectivity index (χ4v) is 1.24. The van der Waals surface area contributed by atoms with Crippen LogP contribution in [0.15, 0.2) is 3.92 Å². The average Bonchev–Trinajstić information content (AvgIpc) is 2.14. The minimum Gasteiger partial charge on any atom is -0.476 e. The third kappa shape index (κ3) is 1.46. The molecule has 0 bridgehead atoms. The van der Waals surface area contributed by atoms with Crippen LogP contribution in [0.5, 0.6) is 0 Å². The van der Waals surface area contributed by atoms with Crippen LogP contribution in [0.1, 0.15) is 9.80 Å². The lowest BCUT2D eigenvalue weighted by Crippen LogP contribution is -1.93. The van der Waals surface area contributed by atoms with Crippen molar-refractivity contribution in [1.29, 1.82) is 0 Å². The highest BCUT2D eigenvalue weighted by atomic mass is 79.9.